The van der Waals surface area contributed by atoms with Crippen LogP contribution in [0.5, 0.6) is 5.75 Å². The summed E-state index contributed by atoms with van der Waals surface area (Å²) in [5.74, 6) is 0.743. The van der Waals surface area contributed by atoms with Crippen LogP contribution in [0, 0.1) is 6.92 Å². The monoisotopic (exact) mass is 350 g/mol. The lowest BCUT2D eigenvalue weighted by atomic mass is 9.96. The Morgan fingerprint density at radius 1 is 1.12 bits per heavy atom. The number of carbonyl (C=O) groups excluding carboxylic acids is 2. The van der Waals surface area contributed by atoms with E-state index in [1.165, 1.54) is 0 Å². The normalized spacial score (nSPS) is 15.7. The number of nitrogens with one attached hydrogen (secondary N) is 1. The second-order valence-electron chi connectivity index (χ2n) is 6.57. The first kappa shape index (κ1) is 17.7. The summed E-state index contributed by atoms with van der Waals surface area (Å²) in [6, 6.07) is 12.4. The van der Waals surface area contributed by atoms with Gasteiger partial charge in [0, 0.05) is 0 Å². The molecule has 0 bridgehead atoms. The molecule has 2 aromatic carbocycles. The molecule has 3 amide bonds. The lowest BCUT2D eigenvalue weighted by Gasteiger charge is -2.15. The molecule has 0 aliphatic carbocycles. The highest BCUT2D eigenvalue weighted by atomic mass is 16.5. The molecule has 0 spiro atoms. The summed E-state index contributed by atoms with van der Waals surface area (Å²) in [4.78, 5) is 26.1. The first-order valence-electron chi connectivity index (χ1n) is 8.53. The van der Waals surface area contributed by atoms with E-state index in [4.69, 9.17) is 4.74 Å². The molecule has 0 aromatic heterocycles. The topological polar surface area (TPSA) is 58.6 Å². The number of ether oxygens (including phenoxy) is 1. The van der Waals surface area contributed by atoms with Crippen molar-refractivity contribution in [1.82, 2.24) is 5.32 Å². The van der Waals surface area contributed by atoms with Gasteiger partial charge in [-0.1, -0.05) is 32.0 Å². The van der Waals surface area contributed by atoms with Crippen molar-refractivity contribution >= 4 is 23.7 Å². The fourth-order valence-corrected chi connectivity index (χ4v) is 3.00. The molecule has 3 rings (SSSR count). The van der Waals surface area contributed by atoms with Gasteiger partial charge in [0.05, 0.1) is 12.8 Å². The van der Waals surface area contributed by atoms with Crippen molar-refractivity contribution < 1.29 is 14.3 Å². The molecule has 134 valence electrons. The molecule has 0 radical (unpaired) electrons. The van der Waals surface area contributed by atoms with Crippen LogP contribution in [-0.2, 0) is 4.79 Å². The predicted octanol–water partition coefficient (Wildman–Crippen LogP) is 4.22. The van der Waals surface area contributed by atoms with Crippen molar-refractivity contribution in [2.45, 2.75) is 26.7 Å². The number of carbonyl (C=O) groups is 2. The van der Waals surface area contributed by atoms with Crippen LogP contribution in [0.2, 0.25) is 0 Å². The smallest absolute Gasteiger partial charge is 0.333 e. The zero-order chi connectivity index (χ0) is 18.8. The van der Waals surface area contributed by atoms with E-state index in [1.807, 2.05) is 25.1 Å². The Morgan fingerprint density at radius 2 is 1.81 bits per heavy atom. The van der Waals surface area contributed by atoms with Crippen LogP contribution in [-0.4, -0.2) is 19.0 Å². The van der Waals surface area contributed by atoms with Gasteiger partial charge in [0.15, 0.2) is 0 Å². The molecule has 26 heavy (non-hydrogen) atoms. The van der Waals surface area contributed by atoms with Crippen molar-refractivity contribution in [2.75, 3.05) is 12.0 Å². The van der Waals surface area contributed by atoms with E-state index in [9.17, 15) is 9.59 Å². The maximum Gasteiger partial charge on any atom is 0.333 e. The number of imide groups is 1. The largest absolute Gasteiger partial charge is 0.496 e. The van der Waals surface area contributed by atoms with Crippen molar-refractivity contribution in [3.63, 3.8) is 0 Å². The van der Waals surface area contributed by atoms with E-state index in [1.54, 1.807) is 37.5 Å². The number of urea groups is 1. The molecule has 1 aliphatic rings. The summed E-state index contributed by atoms with van der Waals surface area (Å²) >= 11 is 0. The van der Waals surface area contributed by atoms with Crippen LogP contribution in [0.1, 0.15) is 36.5 Å². The second-order valence-corrected chi connectivity index (χ2v) is 6.57. The zero-order valence-electron chi connectivity index (χ0n) is 15.4. The number of anilines is 1. The summed E-state index contributed by atoms with van der Waals surface area (Å²) in [5, 5.41) is 2.67. The summed E-state index contributed by atoms with van der Waals surface area (Å²) in [7, 11) is 1.65. The highest BCUT2D eigenvalue weighted by Crippen LogP contribution is 2.31. The molecule has 1 N–H and O–H groups in total. The lowest BCUT2D eigenvalue weighted by molar-refractivity contribution is -0.113. The predicted molar refractivity (Wildman–Crippen MR) is 102 cm³/mol. The number of nitrogens with zero attached hydrogens (tertiary/aromatic N) is 1. The van der Waals surface area contributed by atoms with Crippen molar-refractivity contribution in [1.29, 1.82) is 0 Å². The van der Waals surface area contributed by atoms with E-state index >= 15 is 0 Å². The molecule has 5 heteroatoms. The van der Waals surface area contributed by atoms with Crippen LogP contribution in [0.4, 0.5) is 10.5 Å². The standard InChI is InChI=1S/C21H22N2O3/c1-13(2)17-11-15(14(3)10-19(17)26-4)12-18-20(24)23(21(25)22-18)16-8-6-5-7-9-16/h5-13H,1-4H3,(H,22,25). The van der Waals surface area contributed by atoms with E-state index in [-0.39, 0.29) is 17.5 Å². The summed E-state index contributed by atoms with van der Waals surface area (Å²) in [5.41, 5.74) is 3.73. The first-order chi connectivity index (χ1) is 12.4. The van der Waals surface area contributed by atoms with E-state index < -0.39 is 6.03 Å². The van der Waals surface area contributed by atoms with E-state index in [0.717, 1.165) is 27.3 Å². The Morgan fingerprint density at radius 3 is 2.42 bits per heavy atom. The zero-order valence-corrected chi connectivity index (χ0v) is 15.4. The molecule has 0 saturated carbocycles. The molecule has 1 fully saturated rings. The fourth-order valence-electron chi connectivity index (χ4n) is 3.00. The molecular weight excluding hydrogens is 328 g/mol. The van der Waals surface area contributed by atoms with E-state index in [0.29, 0.717) is 5.69 Å². The number of aryl methyl sites for hydroxylation is 1. The third-order valence-electron chi connectivity index (χ3n) is 4.43. The number of amides is 3. The molecule has 2 aromatic rings. The number of rotatable bonds is 4. The van der Waals surface area contributed by atoms with Crippen LogP contribution < -0.4 is 15.0 Å². The molecule has 1 saturated heterocycles. The van der Waals surface area contributed by atoms with Gasteiger partial charge in [-0.2, -0.15) is 0 Å². The summed E-state index contributed by atoms with van der Waals surface area (Å²) in [6.45, 7) is 6.13. The van der Waals surface area contributed by atoms with Gasteiger partial charge < -0.3 is 10.1 Å². The van der Waals surface area contributed by atoms with Gasteiger partial charge in [0.1, 0.15) is 11.4 Å². The maximum absolute atomic E-state index is 12.7. The van der Waals surface area contributed by atoms with Crippen LogP contribution in [0.25, 0.3) is 6.08 Å². The van der Waals surface area contributed by atoms with Crippen molar-refractivity contribution in [3.8, 4) is 5.75 Å². The minimum absolute atomic E-state index is 0.266. The quantitative estimate of drug-likeness (QED) is 0.663. The average molecular weight is 350 g/mol. The van der Waals surface area contributed by atoms with Gasteiger partial charge in [-0.05, 0) is 59.9 Å². The highest BCUT2D eigenvalue weighted by Gasteiger charge is 2.34. The Balaban J connectivity index is 2.00. The van der Waals surface area contributed by atoms with E-state index in [2.05, 4.69) is 19.2 Å². The van der Waals surface area contributed by atoms with Crippen LogP contribution in [0.15, 0.2) is 48.2 Å². The van der Waals surface area contributed by atoms with Crippen LogP contribution >= 0.6 is 0 Å². The Labute approximate surface area is 153 Å². The van der Waals surface area contributed by atoms with Gasteiger partial charge in [-0.25, -0.2) is 9.69 Å². The number of methoxy groups -OCH3 is 1. The van der Waals surface area contributed by atoms with Gasteiger partial charge in [0.2, 0.25) is 0 Å². The summed E-state index contributed by atoms with van der Waals surface area (Å²) < 4.78 is 5.46. The Hall–Kier alpha value is -3.08. The minimum Gasteiger partial charge on any atom is -0.496 e. The van der Waals surface area contributed by atoms with Gasteiger partial charge >= 0.3 is 6.03 Å². The number of hydrogen-bond acceptors (Lipinski definition) is 3. The van der Waals surface area contributed by atoms with Gasteiger partial charge in [-0.3, -0.25) is 4.79 Å². The van der Waals surface area contributed by atoms with Crippen molar-refractivity contribution in [3.05, 3.63) is 64.9 Å². The fraction of sp³-hybridized carbons (Fsp3) is 0.238. The average Bonchev–Trinajstić information content (AvgIpc) is 2.90. The highest BCUT2D eigenvalue weighted by molar-refractivity contribution is 6.28. The maximum atomic E-state index is 12.7. The number of hydrogen-bond donors (Lipinski definition) is 1. The SMILES string of the molecule is COc1cc(C)c(C=C2NC(=O)N(c3ccccc3)C2=O)cc1C(C)C. The molecule has 1 aliphatic heterocycles. The first-order valence-corrected chi connectivity index (χ1v) is 8.53. The Kier molecular flexibility index (Phi) is 4.80. The lowest BCUT2D eigenvalue weighted by Crippen LogP contribution is -2.30. The summed E-state index contributed by atoms with van der Waals surface area (Å²) in [6.07, 6.45) is 1.73. The number of benzene rings is 2. The molecule has 5 nitrogen and oxygen atoms in total. The van der Waals surface area contributed by atoms with Gasteiger partial charge in [0.25, 0.3) is 5.91 Å². The Bertz CT molecular complexity index is 886. The van der Waals surface area contributed by atoms with Crippen molar-refractivity contribution in [2.24, 2.45) is 0 Å². The third kappa shape index (κ3) is 3.20. The minimum atomic E-state index is -0.442. The molecular formula is C21H22N2O3. The van der Waals surface area contributed by atoms with Crippen LogP contribution in [0.3, 0.4) is 0 Å². The molecule has 1 heterocycles. The molecule has 0 atom stereocenters. The molecule has 0 unspecified atom stereocenters. The third-order valence-corrected chi connectivity index (χ3v) is 4.43. The number of para-hydroxylation sites is 1. The second kappa shape index (κ2) is 7.04. The van der Waals surface area contributed by atoms with Gasteiger partial charge in [-0.15, -0.1) is 0 Å².